The molecule has 0 amide bonds. The van der Waals surface area contributed by atoms with Gasteiger partial charge in [-0.25, -0.2) is 5.53 Å². The molecule has 0 aromatic rings. The smallest absolute Gasteiger partial charge is 0.0706 e. The summed E-state index contributed by atoms with van der Waals surface area (Å²) in [6, 6.07) is 0.365. The van der Waals surface area contributed by atoms with Gasteiger partial charge in [0.1, 0.15) is 0 Å². The molecule has 2 nitrogen and oxygen atoms in total. The van der Waals surface area contributed by atoms with E-state index in [0.717, 1.165) is 17.8 Å². The lowest BCUT2D eigenvalue weighted by Crippen LogP contribution is -2.26. The molecule has 0 unspecified atom stereocenters. The number of nitrogens with zero attached hydrogens (tertiary/aromatic N) is 1. The lowest BCUT2D eigenvalue weighted by atomic mass is 9.71. The minimum absolute atomic E-state index is 0.365. The predicted molar refractivity (Wildman–Crippen MR) is 62.0 cm³/mol. The zero-order chi connectivity index (χ0) is 10.7. The summed E-state index contributed by atoms with van der Waals surface area (Å²) in [5, 5.41) is 3.69. The van der Waals surface area contributed by atoms with Gasteiger partial charge in [0.05, 0.1) is 6.04 Å². The first-order valence-electron chi connectivity index (χ1n) is 6.66. The van der Waals surface area contributed by atoms with Gasteiger partial charge in [0.25, 0.3) is 0 Å². The van der Waals surface area contributed by atoms with Crippen LogP contribution in [0.25, 0.3) is 0 Å². The van der Waals surface area contributed by atoms with Crippen molar-refractivity contribution in [2.45, 2.75) is 64.3 Å². The molecule has 0 heterocycles. The van der Waals surface area contributed by atoms with Crippen LogP contribution in [0.4, 0.5) is 0 Å². The summed E-state index contributed by atoms with van der Waals surface area (Å²) in [6.07, 6.45) is 10.9. The van der Waals surface area contributed by atoms with Crippen LogP contribution >= 0.6 is 0 Å². The van der Waals surface area contributed by atoms with E-state index in [4.69, 9.17) is 5.53 Å². The Labute approximate surface area is 93.3 Å². The zero-order valence-electron chi connectivity index (χ0n) is 9.91. The van der Waals surface area contributed by atoms with E-state index < -0.39 is 0 Å². The topological polar surface area (TPSA) is 36.2 Å². The van der Waals surface area contributed by atoms with Crippen LogP contribution in [0, 0.1) is 23.3 Å². The largest absolute Gasteiger partial charge is 0.210 e. The highest BCUT2D eigenvalue weighted by Crippen LogP contribution is 2.40. The Morgan fingerprint density at radius 3 is 1.73 bits per heavy atom. The predicted octanol–water partition coefficient (Wildman–Crippen LogP) is 4.40. The Morgan fingerprint density at radius 2 is 1.27 bits per heavy atom. The van der Waals surface area contributed by atoms with Crippen molar-refractivity contribution in [1.29, 1.82) is 5.53 Å². The molecule has 0 radical (unpaired) electrons. The molecule has 2 saturated carbocycles. The van der Waals surface area contributed by atoms with Crippen molar-refractivity contribution >= 4 is 0 Å². The molecule has 2 aliphatic carbocycles. The van der Waals surface area contributed by atoms with Crippen molar-refractivity contribution in [2.24, 2.45) is 22.9 Å². The van der Waals surface area contributed by atoms with Gasteiger partial charge in [0.2, 0.25) is 0 Å². The van der Waals surface area contributed by atoms with Crippen LogP contribution in [0.5, 0.6) is 0 Å². The number of rotatable bonds is 2. The van der Waals surface area contributed by atoms with E-state index >= 15 is 0 Å². The third-order valence-corrected chi connectivity index (χ3v) is 4.65. The zero-order valence-corrected chi connectivity index (χ0v) is 9.91. The van der Waals surface area contributed by atoms with Gasteiger partial charge >= 0.3 is 0 Å². The SMILES string of the molecule is CC1CCC(C2CCC(N=N)CC2)CC1. The Hall–Kier alpha value is -0.400. The fourth-order valence-corrected chi connectivity index (χ4v) is 3.46. The highest BCUT2D eigenvalue weighted by Gasteiger charge is 2.29. The standard InChI is InChI=1S/C13H24N2/c1-10-2-4-11(5-3-10)12-6-8-13(15-14)9-7-12/h10-14H,2-9H2,1H3. The molecular weight excluding hydrogens is 184 g/mol. The van der Waals surface area contributed by atoms with Crippen LogP contribution in [0.1, 0.15) is 58.3 Å². The third kappa shape index (κ3) is 2.79. The summed E-state index contributed by atoms with van der Waals surface area (Å²) in [4.78, 5) is 0. The van der Waals surface area contributed by atoms with Gasteiger partial charge < -0.3 is 0 Å². The Bertz CT molecular complexity index is 199. The monoisotopic (exact) mass is 208 g/mol. The van der Waals surface area contributed by atoms with Crippen LogP contribution in [-0.2, 0) is 0 Å². The van der Waals surface area contributed by atoms with E-state index in [1.165, 1.54) is 51.4 Å². The first-order valence-corrected chi connectivity index (χ1v) is 6.66. The fraction of sp³-hybridized carbons (Fsp3) is 1.00. The maximum atomic E-state index is 7.06. The summed E-state index contributed by atoms with van der Waals surface area (Å²) in [7, 11) is 0. The number of hydrogen-bond donors (Lipinski definition) is 1. The molecular formula is C13H24N2. The molecule has 0 spiro atoms. The molecule has 2 rings (SSSR count). The Kier molecular flexibility index (Phi) is 3.76. The van der Waals surface area contributed by atoms with Gasteiger partial charge in [-0.1, -0.05) is 19.8 Å². The first kappa shape index (κ1) is 11.1. The van der Waals surface area contributed by atoms with Crippen molar-refractivity contribution in [3.05, 3.63) is 0 Å². The molecule has 15 heavy (non-hydrogen) atoms. The van der Waals surface area contributed by atoms with E-state index in [-0.39, 0.29) is 0 Å². The maximum Gasteiger partial charge on any atom is 0.0706 e. The lowest BCUT2D eigenvalue weighted by Gasteiger charge is -2.36. The van der Waals surface area contributed by atoms with Crippen molar-refractivity contribution < 1.29 is 0 Å². The normalized spacial score (nSPS) is 42.5. The molecule has 0 aliphatic heterocycles. The first-order chi connectivity index (χ1) is 7.29. The van der Waals surface area contributed by atoms with Crippen LogP contribution in [0.15, 0.2) is 5.11 Å². The molecule has 2 aliphatic rings. The van der Waals surface area contributed by atoms with Gasteiger partial charge in [-0.05, 0) is 56.3 Å². The molecule has 0 aromatic heterocycles. The van der Waals surface area contributed by atoms with E-state index in [9.17, 15) is 0 Å². The maximum absolute atomic E-state index is 7.06. The van der Waals surface area contributed by atoms with Gasteiger partial charge in [0, 0.05) is 0 Å². The molecule has 2 heteroatoms. The van der Waals surface area contributed by atoms with Crippen molar-refractivity contribution in [3.8, 4) is 0 Å². The van der Waals surface area contributed by atoms with E-state index in [2.05, 4.69) is 12.0 Å². The highest BCUT2D eigenvalue weighted by atomic mass is 15.0. The van der Waals surface area contributed by atoms with Crippen LogP contribution in [-0.4, -0.2) is 6.04 Å². The Morgan fingerprint density at radius 1 is 0.800 bits per heavy atom. The second-order valence-electron chi connectivity index (χ2n) is 5.72. The van der Waals surface area contributed by atoms with Crippen LogP contribution in [0.3, 0.4) is 0 Å². The second-order valence-corrected chi connectivity index (χ2v) is 5.72. The van der Waals surface area contributed by atoms with E-state index in [1.807, 2.05) is 0 Å². The molecule has 86 valence electrons. The third-order valence-electron chi connectivity index (χ3n) is 4.65. The molecule has 1 N–H and O–H groups in total. The van der Waals surface area contributed by atoms with Crippen molar-refractivity contribution in [2.75, 3.05) is 0 Å². The van der Waals surface area contributed by atoms with Gasteiger partial charge in [-0.3, -0.25) is 0 Å². The van der Waals surface area contributed by atoms with E-state index in [1.54, 1.807) is 0 Å². The summed E-state index contributed by atoms with van der Waals surface area (Å²) in [5.74, 6) is 2.95. The summed E-state index contributed by atoms with van der Waals surface area (Å²) < 4.78 is 0. The van der Waals surface area contributed by atoms with Crippen molar-refractivity contribution in [1.82, 2.24) is 0 Å². The minimum atomic E-state index is 0.365. The second kappa shape index (κ2) is 5.09. The summed E-state index contributed by atoms with van der Waals surface area (Å²) in [6.45, 7) is 2.39. The average Bonchev–Trinajstić information content (AvgIpc) is 2.30. The molecule has 0 aromatic carbocycles. The minimum Gasteiger partial charge on any atom is -0.210 e. The quantitative estimate of drug-likeness (QED) is 0.653. The fourth-order valence-electron chi connectivity index (χ4n) is 3.46. The molecule has 2 fully saturated rings. The number of hydrogen-bond acceptors (Lipinski definition) is 2. The van der Waals surface area contributed by atoms with Crippen LogP contribution in [0.2, 0.25) is 0 Å². The van der Waals surface area contributed by atoms with Gasteiger partial charge in [0.15, 0.2) is 0 Å². The molecule has 0 bridgehead atoms. The highest BCUT2D eigenvalue weighted by molar-refractivity contribution is 4.82. The summed E-state index contributed by atoms with van der Waals surface area (Å²) in [5.41, 5.74) is 7.06. The molecule has 0 atom stereocenters. The number of nitrogens with one attached hydrogen (secondary N) is 1. The van der Waals surface area contributed by atoms with Gasteiger partial charge in [-0.15, -0.1) is 0 Å². The van der Waals surface area contributed by atoms with Gasteiger partial charge in [-0.2, -0.15) is 5.11 Å². The Balaban J connectivity index is 1.78. The lowest BCUT2D eigenvalue weighted by molar-refractivity contribution is 0.164. The van der Waals surface area contributed by atoms with E-state index in [0.29, 0.717) is 6.04 Å². The average molecular weight is 208 g/mol. The van der Waals surface area contributed by atoms with Crippen molar-refractivity contribution in [3.63, 3.8) is 0 Å². The van der Waals surface area contributed by atoms with Crippen LogP contribution < -0.4 is 0 Å². The molecule has 0 saturated heterocycles. The summed E-state index contributed by atoms with van der Waals surface area (Å²) >= 11 is 0.